The standard InChI is InChI=1S/C19H18ClN5O2S/c1-11(12-6-4-8-22-9-12)24-19(27)17-15(21)16(25-28-17)18(26)23-10-13-5-2-3-7-14(13)20/h2-9,11H,10,21H2,1H3,(H,23,26)(H,24,27)/t11-/m1/s1. The Hall–Kier alpha value is -2.97. The van der Waals surface area contributed by atoms with Crippen molar-refractivity contribution in [3.8, 4) is 0 Å². The molecule has 3 aromatic rings. The molecule has 28 heavy (non-hydrogen) atoms. The number of anilines is 1. The molecule has 9 heteroatoms. The van der Waals surface area contributed by atoms with E-state index in [1.807, 2.05) is 31.2 Å². The smallest absolute Gasteiger partial charge is 0.273 e. The number of nitrogens with two attached hydrogens (primary N) is 1. The Labute approximate surface area is 171 Å². The zero-order chi connectivity index (χ0) is 20.1. The molecule has 2 amide bonds. The molecule has 0 aliphatic rings. The molecule has 0 radical (unpaired) electrons. The number of hydrogen-bond acceptors (Lipinski definition) is 6. The van der Waals surface area contributed by atoms with Crippen LogP contribution in [0.15, 0.2) is 48.8 Å². The number of hydrogen-bond donors (Lipinski definition) is 3. The second-order valence-corrected chi connectivity index (χ2v) is 7.21. The Morgan fingerprint density at radius 1 is 1.21 bits per heavy atom. The van der Waals surface area contributed by atoms with Crippen molar-refractivity contribution in [2.45, 2.75) is 19.5 Å². The average Bonchev–Trinajstić information content (AvgIpc) is 3.09. The molecule has 2 heterocycles. The monoisotopic (exact) mass is 415 g/mol. The van der Waals surface area contributed by atoms with E-state index in [1.54, 1.807) is 24.5 Å². The maximum absolute atomic E-state index is 12.5. The zero-order valence-electron chi connectivity index (χ0n) is 15.0. The van der Waals surface area contributed by atoms with Crippen LogP contribution in [0.2, 0.25) is 5.02 Å². The van der Waals surface area contributed by atoms with Crippen molar-refractivity contribution in [2.24, 2.45) is 0 Å². The fraction of sp³-hybridized carbons (Fsp3) is 0.158. The van der Waals surface area contributed by atoms with Gasteiger partial charge < -0.3 is 16.4 Å². The fourth-order valence-electron chi connectivity index (χ4n) is 2.50. The second-order valence-electron chi connectivity index (χ2n) is 6.03. The topological polar surface area (TPSA) is 110 Å². The van der Waals surface area contributed by atoms with Gasteiger partial charge in [-0.25, -0.2) is 0 Å². The number of benzene rings is 1. The summed E-state index contributed by atoms with van der Waals surface area (Å²) in [7, 11) is 0. The van der Waals surface area contributed by atoms with Gasteiger partial charge in [-0.1, -0.05) is 35.9 Å². The molecular weight excluding hydrogens is 398 g/mol. The number of nitrogens with zero attached hydrogens (tertiary/aromatic N) is 2. The molecule has 1 atom stereocenters. The number of amides is 2. The lowest BCUT2D eigenvalue weighted by Gasteiger charge is -2.13. The Kier molecular flexibility index (Phi) is 6.23. The van der Waals surface area contributed by atoms with Gasteiger partial charge in [0.25, 0.3) is 11.8 Å². The highest BCUT2D eigenvalue weighted by Gasteiger charge is 2.23. The maximum atomic E-state index is 12.5. The summed E-state index contributed by atoms with van der Waals surface area (Å²) in [6, 6.07) is 10.6. The molecule has 1 aromatic carbocycles. The van der Waals surface area contributed by atoms with Crippen LogP contribution in [-0.2, 0) is 6.54 Å². The van der Waals surface area contributed by atoms with Gasteiger partial charge in [0.05, 0.1) is 11.7 Å². The molecule has 0 unspecified atom stereocenters. The molecule has 0 aliphatic carbocycles. The number of nitrogens with one attached hydrogen (secondary N) is 2. The van der Waals surface area contributed by atoms with E-state index in [-0.39, 0.29) is 28.8 Å². The lowest BCUT2D eigenvalue weighted by atomic mass is 10.1. The van der Waals surface area contributed by atoms with Crippen LogP contribution in [-0.4, -0.2) is 21.2 Å². The fourth-order valence-corrected chi connectivity index (χ4v) is 3.41. The van der Waals surface area contributed by atoms with Crippen molar-refractivity contribution in [3.63, 3.8) is 0 Å². The largest absolute Gasteiger partial charge is 0.395 e. The molecule has 2 aromatic heterocycles. The van der Waals surface area contributed by atoms with Crippen molar-refractivity contribution in [3.05, 3.63) is 75.5 Å². The molecule has 144 valence electrons. The van der Waals surface area contributed by atoms with Gasteiger partial charge in [-0.05, 0) is 41.7 Å². The number of aromatic nitrogens is 2. The first-order chi connectivity index (χ1) is 13.5. The third-order valence-corrected chi connectivity index (χ3v) is 5.31. The Bertz CT molecular complexity index is 993. The lowest BCUT2D eigenvalue weighted by molar-refractivity contribution is 0.0942. The van der Waals surface area contributed by atoms with Crippen LogP contribution in [0.3, 0.4) is 0 Å². The van der Waals surface area contributed by atoms with Crippen molar-refractivity contribution in [1.29, 1.82) is 0 Å². The highest BCUT2D eigenvalue weighted by Crippen LogP contribution is 2.23. The summed E-state index contributed by atoms with van der Waals surface area (Å²) in [5, 5.41) is 6.10. The molecule has 0 fully saturated rings. The van der Waals surface area contributed by atoms with Crippen molar-refractivity contribution < 1.29 is 9.59 Å². The predicted molar refractivity (Wildman–Crippen MR) is 109 cm³/mol. The number of rotatable bonds is 6. The molecule has 3 rings (SSSR count). The molecule has 7 nitrogen and oxygen atoms in total. The molecule has 4 N–H and O–H groups in total. The summed E-state index contributed by atoms with van der Waals surface area (Å²) in [6.45, 7) is 2.07. The number of halogens is 1. The number of nitrogen functional groups attached to an aromatic ring is 1. The summed E-state index contributed by atoms with van der Waals surface area (Å²) in [4.78, 5) is 29.1. The normalized spacial score (nSPS) is 11.6. The Balaban J connectivity index is 1.66. The van der Waals surface area contributed by atoms with Gasteiger partial charge in [-0.2, -0.15) is 4.37 Å². The minimum Gasteiger partial charge on any atom is -0.395 e. The SMILES string of the molecule is C[C@@H](NC(=O)c1snc(C(=O)NCc2ccccc2Cl)c1N)c1cccnc1. The third kappa shape index (κ3) is 4.47. The summed E-state index contributed by atoms with van der Waals surface area (Å²) in [5.41, 5.74) is 7.71. The van der Waals surface area contributed by atoms with Crippen molar-refractivity contribution >= 4 is 40.6 Å². The van der Waals surface area contributed by atoms with Crippen LogP contribution in [0.4, 0.5) is 5.69 Å². The predicted octanol–water partition coefficient (Wildman–Crippen LogP) is 3.19. The van der Waals surface area contributed by atoms with Gasteiger partial charge in [0.1, 0.15) is 4.88 Å². The second kappa shape index (κ2) is 8.81. The van der Waals surface area contributed by atoms with E-state index in [4.69, 9.17) is 17.3 Å². The van der Waals surface area contributed by atoms with E-state index in [0.29, 0.717) is 5.02 Å². The van der Waals surface area contributed by atoms with Gasteiger partial charge in [-0.3, -0.25) is 14.6 Å². The zero-order valence-corrected chi connectivity index (χ0v) is 16.6. The minimum atomic E-state index is -0.465. The Morgan fingerprint density at radius 3 is 2.71 bits per heavy atom. The molecular formula is C19H18ClN5O2S. The van der Waals surface area contributed by atoms with E-state index in [1.165, 1.54) is 0 Å². The van der Waals surface area contributed by atoms with E-state index < -0.39 is 11.8 Å². The van der Waals surface area contributed by atoms with Gasteiger partial charge in [0.15, 0.2) is 5.69 Å². The molecule has 0 saturated heterocycles. The minimum absolute atomic E-state index is 0.0243. The van der Waals surface area contributed by atoms with Crippen LogP contribution in [0.25, 0.3) is 0 Å². The first kappa shape index (κ1) is 19.8. The molecule has 0 saturated carbocycles. The molecule has 0 bridgehead atoms. The van der Waals surface area contributed by atoms with Crippen LogP contribution >= 0.6 is 23.1 Å². The van der Waals surface area contributed by atoms with Crippen LogP contribution in [0.1, 0.15) is 44.3 Å². The highest BCUT2D eigenvalue weighted by molar-refractivity contribution is 7.09. The van der Waals surface area contributed by atoms with Crippen molar-refractivity contribution in [1.82, 2.24) is 20.0 Å². The van der Waals surface area contributed by atoms with E-state index in [9.17, 15) is 9.59 Å². The van der Waals surface area contributed by atoms with E-state index >= 15 is 0 Å². The number of carbonyl (C=O) groups excluding carboxylic acids is 2. The van der Waals surface area contributed by atoms with Crippen LogP contribution < -0.4 is 16.4 Å². The lowest BCUT2D eigenvalue weighted by Crippen LogP contribution is -2.27. The van der Waals surface area contributed by atoms with Gasteiger partial charge in [0, 0.05) is 24.0 Å². The van der Waals surface area contributed by atoms with Gasteiger partial charge >= 0.3 is 0 Å². The summed E-state index contributed by atoms with van der Waals surface area (Å²) >= 11 is 6.97. The molecule has 0 spiro atoms. The Morgan fingerprint density at radius 2 is 2.00 bits per heavy atom. The first-order valence-corrected chi connectivity index (χ1v) is 9.60. The molecule has 0 aliphatic heterocycles. The number of pyridine rings is 1. The summed E-state index contributed by atoms with van der Waals surface area (Å²) in [6.07, 6.45) is 3.33. The first-order valence-electron chi connectivity index (χ1n) is 8.45. The third-order valence-electron chi connectivity index (χ3n) is 4.08. The van der Waals surface area contributed by atoms with E-state index in [0.717, 1.165) is 22.7 Å². The van der Waals surface area contributed by atoms with Gasteiger partial charge in [0.2, 0.25) is 0 Å². The average molecular weight is 416 g/mol. The van der Waals surface area contributed by atoms with E-state index in [2.05, 4.69) is 20.0 Å². The summed E-state index contributed by atoms with van der Waals surface area (Å²) < 4.78 is 4.05. The number of carbonyl (C=O) groups is 2. The van der Waals surface area contributed by atoms with Crippen LogP contribution in [0, 0.1) is 0 Å². The quantitative estimate of drug-likeness (QED) is 0.572. The highest BCUT2D eigenvalue weighted by atomic mass is 35.5. The van der Waals surface area contributed by atoms with Crippen LogP contribution in [0.5, 0.6) is 0 Å². The van der Waals surface area contributed by atoms with Crippen molar-refractivity contribution in [2.75, 3.05) is 5.73 Å². The summed E-state index contributed by atoms with van der Waals surface area (Å²) in [5.74, 6) is -0.857. The van der Waals surface area contributed by atoms with Gasteiger partial charge in [-0.15, -0.1) is 0 Å². The maximum Gasteiger partial charge on any atom is 0.273 e.